The molecule has 2 aliphatic rings. The van der Waals surface area contributed by atoms with Crippen molar-refractivity contribution in [2.75, 3.05) is 0 Å². The zero-order chi connectivity index (χ0) is 26.9. The molecule has 200 valence electrons. The molecule has 3 nitrogen and oxygen atoms in total. The Morgan fingerprint density at radius 3 is 2.16 bits per heavy atom. The Hall–Kier alpha value is -2.72. The van der Waals surface area contributed by atoms with Crippen LogP contribution in [-0.4, -0.2) is 29.0 Å². The van der Waals surface area contributed by atoms with Crippen LogP contribution in [0.15, 0.2) is 77.7 Å². The molecule has 1 amide bonds. The first-order valence-electron chi connectivity index (χ1n) is 14.1. The average Bonchev–Trinajstić information content (AvgIpc) is 3.17. The van der Waals surface area contributed by atoms with Gasteiger partial charge in [-0.3, -0.25) is 4.79 Å². The number of nitrogens with zero attached hydrogens (tertiary/aromatic N) is 1. The second kappa shape index (κ2) is 11.2. The van der Waals surface area contributed by atoms with E-state index in [0.29, 0.717) is 5.92 Å². The van der Waals surface area contributed by atoms with E-state index in [1.165, 1.54) is 21.6 Å². The number of hydrogen-bond donors (Lipinski definition) is 0. The summed E-state index contributed by atoms with van der Waals surface area (Å²) in [4.78, 5) is 17.0. The molecule has 0 N–H and O–H groups in total. The molecule has 0 spiro atoms. The quantitative estimate of drug-likeness (QED) is 0.288. The van der Waals surface area contributed by atoms with Crippen molar-refractivity contribution in [1.82, 2.24) is 4.90 Å². The second-order valence-corrected chi connectivity index (χ2v) is 13.3. The fraction of sp³-hybridized carbons (Fsp3) is 0.441. The molecule has 2 saturated heterocycles. The van der Waals surface area contributed by atoms with E-state index in [1.54, 1.807) is 0 Å². The van der Waals surface area contributed by atoms with Crippen LogP contribution in [0.5, 0.6) is 5.75 Å². The summed E-state index contributed by atoms with van der Waals surface area (Å²) in [7, 11) is 0. The Kier molecular flexibility index (Phi) is 7.90. The van der Waals surface area contributed by atoms with Crippen LogP contribution in [-0.2, 0) is 11.2 Å². The summed E-state index contributed by atoms with van der Waals surface area (Å²) in [6, 6.07) is 26.1. The van der Waals surface area contributed by atoms with Gasteiger partial charge in [0.25, 0.3) is 5.91 Å². The van der Waals surface area contributed by atoms with Crippen molar-refractivity contribution in [3.63, 3.8) is 0 Å². The number of hydrogen-bond acceptors (Lipinski definition) is 3. The number of ether oxygens (including phenoxy) is 1. The summed E-state index contributed by atoms with van der Waals surface area (Å²) < 4.78 is 6.52. The fourth-order valence-corrected chi connectivity index (χ4v) is 6.76. The first-order valence-corrected chi connectivity index (χ1v) is 15.1. The minimum atomic E-state index is 0.173. The van der Waals surface area contributed by atoms with Gasteiger partial charge in [0.1, 0.15) is 11.9 Å². The van der Waals surface area contributed by atoms with Crippen molar-refractivity contribution in [3.05, 3.63) is 95.1 Å². The highest BCUT2D eigenvalue weighted by molar-refractivity contribution is 7.98. The molecule has 0 aromatic heterocycles. The Morgan fingerprint density at radius 1 is 0.921 bits per heavy atom. The fourth-order valence-electron chi connectivity index (χ4n) is 5.91. The van der Waals surface area contributed by atoms with E-state index in [4.69, 9.17) is 4.74 Å². The van der Waals surface area contributed by atoms with Crippen molar-refractivity contribution in [3.8, 4) is 5.75 Å². The summed E-state index contributed by atoms with van der Waals surface area (Å²) >= 11 is 1.84. The Morgan fingerprint density at radius 2 is 1.55 bits per heavy atom. The minimum Gasteiger partial charge on any atom is -0.490 e. The maximum absolute atomic E-state index is 13.6. The number of thioether (sulfide) groups is 1. The van der Waals surface area contributed by atoms with Gasteiger partial charge < -0.3 is 9.64 Å². The lowest BCUT2D eigenvalue weighted by atomic mass is 9.87. The first-order chi connectivity index (χ1) is 18.2. The van der Waals surface area contributed by atoms with Crippen LogP contribution >= 0.6 is 11.8 Å². The Balaban J connectivity index is 1.18. The van der Waals surface area contributed by atoms with Gasteiger partial charge in [-0.05, 0) is 71.2 Å². The van der Waals surface area contributed by atoms with E-state index in [1.807, 2.05) is 23.9 Å². The lowest BCUT2D eigenvalue weighted by Crippen LogP contribution is -2.49. The van der Waals surface area contributed by atoms with Gasteiger partial charge in [0, 0.05) is 41.1 Å². The number of carbonyl (C=O) groups excluding carboxylic acids is 1. The van der Waals surface area contributed by atoms with Gasteiger partial charge in [0.05, 0.1) is 0 Å². The number of para-hydroxylation sites is 1. The van der Waals surface area contributed by atoms with Gasteiger partial charge in [0.15, 0.2) is 0 Å². The molecule has 2 atom stereocenters. The van der Waals surface area contributed by atoms with Crippen LogP contribution in [0.3, 0.4) is 0 Å². The molecule has 0 saturated carbocycles. The Bertz CT molecular complexity index is 1230. The molecule has 3 aromatic carbocycles. The lowest BCUT2D eigenvalue weighted by Gasteiger charge is -2.39. The van der Waals surface area contributed by atoms with E-state index in [2.05, 4.69) is 100 Å². The molecule has 3 aromatic rings. The summed E-state index contributed by atoms with van der Waals surface area (Å²) in [6.07, 6.45) is 4.15. The molecule has 2 unspecified atom stereocenters. The van der Waals surface area contributed by atoms with E-state index < -0.39 is 0 Å². The van der Waals surface area contributed by atoms with Gasteiger partial charge >= 0.3 is 0 Å². The van der Waals surface area contributed by atoms with Crippen molar-refractivity contribution >= 4 is 17.7 Å². The van der Waals surface area contributed by atoms with E-state index in [9.17, 15) is 4.79 Å². The van der Waals surface area contributed by atoms with Gasteiger partial charge in [-0.15, -0.1) is 11.8 Å². The maximum Gasteiger partial charge on any atom is 0.254 e. The normalized spacial score (nSPS) is 21.1. The summed E-state index contributed by atoms with van der Waals surface area (Å²) in [6.45, 7) is 11.1. The largest absolute Gasteiger partial charge is 0.490 e. The van der Waals surface area contributed by atoms with Gasteiger partial charge in [-0.2, -0.15) is 0 Å². The number of piperidine rings is 1. The molecular weight excluding hydrogens is 486 g/mol. The predicted molar refractivity (Wildman–Crippen MR) is 158 cm³/mol. The average molecular weight is 528 g/mol. The molecule has 2 heterocycles. The van der Waals surface area contributed by atoms with Crippen molar-refractivity contribution < 1.29 is 9.53 Å². The third-order valence-electron chi connectivity index (χ3n) is 8.09. The first kappa shape index (κ1) is 26.9. The number of fused-ring (bicyclic) bond motifs is 2. The predicted octanol–water partition coefficient (Wildman–Crippen LogP) is 8.61. The van der Waals surface area contributed by atoms with Crippen LogP contribution in [0.4, 0.5) is 0 Å². The molecule has 38 heavy (non-hydrogen) atoms. The third-order valence-corrected chi connectivity index (χ3v) is 9.17. The molecule has 0 aliphatic carbocycles. The lowest BCUT2D eigenvalue weighted by molar-refractivity contribution is 0.0356. The summed E-state index contributed by atoms with van der Waals surface area (Å²) in [5.41, 5.74) is 4.83. The molecule has 2 fully saturated rings. The maximum atomic E-state index is 13.6. The Labute approximate surface area is 233 Å². The van der Waals surface area contributed by atoms with Crippen molar-refractivity contribution in [2.45, 2.75) is 100 Å². The smallest absolute Gasteiger partial charge is 0.254 e. The number of rotatable bonds is 7. The number of carbonyl (C=O) groups is 1. The van der Waals surface area contributed by atoms with Gasteiger partial charge in [-0.25, -0.2) is 0 Å². The summed E-state index contributed by atoms with van der Waals surface area (Å²) in [5.74, 6) is 2.51. The molecule has 2 bridgehead atoms. The standard InChI is InChI=1S/C34H41NO2S/c1-23(2)31-8-6-7-9-32(31)37-29-20-27-16-17-28(21-29)35(27)33(36)25-12-10-24(11-13-25)22-38-30-18-14-26(15-19-30)34(3,4)5/h6-15,18-19,23,27-29H,16-17,20-22H2,1-5H3. The third kappa shape index (κ3) is 5.96. The highest BCUT2D eigenvalue weighted by Crippen LogP contribution is 2.39. The van der Waals surface area contributed by atoms with Crippen LogP contribution < -0.4 is 4.74 Å². The second-order valence-electron chi connectivity index (χ2n) is 12.3. The molecule has 0 radical (unpaired) electrons. The molecule has 4 heteroatoms. The zero-order valence-electron chi connectivity index (χ0n) is 23.4. The van der Waals surface area contributed by atoms with Crippen molar-refractivity contribution in [2.24, 2.45) is 0 Å². The summed E-state index contributed by atoms with van der Waals surface area (Å²) in [5, 5.41) is 0. The monoisotopic (exact) mass is 527 g/mol. The topological polar surface area (TPSA) is 29.5 Å². The van der Waals surface area contributed by atoms with Crippen LogP contribution in [0, 0.1) is 0 Å². The molecular formula is C34H41NO2S. The number of benzene rings is 3. The van der Waals surface area contributed by atoms with E-state index >= 15 is 0 Å². The SMILES string of the molecule is CC(C)c1ccccc1OC1CC2CCC(C1)N2C(=O)c1ccc(CSc2ccc(C(C)(C)C)cc2)cc1. The van der Waals surface area contributed by atoms with Crippen LogP contribution in [0.25, 0.3) is 0 Å². The minimum absolute atomic E-state index is 0.173. The van der Waals surface area contributed by atoms with Crippen LogP contribution in [0.1, 0.15) is 93.3 Å². The highest BCUT2D eigenvalue weighted by atomic mass is 32.2. The van der Waals surface area contributed by atoms with Gasteiger partial charge in [0.2, 0.25) is 0 Å². The van der Waals surface area contributed by atoms with E-state index in [0.717, 1.165) is 42.7 Å². The van der Waals surface area contributed by atoms with E-state index in [-0.39, 0.29) is 29.5 Å². The molecule has 5 rings (SSSR count). The van der Waals surface area contributed by atoms with Crippen LogP contribution in [0.2, 0.25) is 0 Å². The zero-order valence-corrected chi connectivity index (χ0v) is 24.3. The highest BCUT2D eigenvalue weighted by Gasteiger charge is 2.44. The number of amides is 1. The van der Waals surface area contributed by atoms with Crippen molar-refractivity contribution in [1.29, 1.82) is 0 Å². The van der Waals surface area contributed by atoms with Gasteiger partial charge in [-0.1, -0.05) is 77.1 Å². The molecule has 2 aliphatic heterocycles.